The summed E-state index contributed by atoms with van der Waals surface area (Å²) in [5, 5.41) is 2.71. The molecule has 0 bridgehead atoms. The normalized spacial score (nSPS) is 12.8. The molecule has 1 unspecified atom stereocenters. The lowest BCUT2D eigenvalue weighted by Crippen LogP contribution is -2.00. The van der Waals surface area contributed by atoms with Crippen LogP contribution in [0.1, 0.15) is 22.3 Å². The van der Waals surface area contributed by atoms with Crippen LogP contribution < -0.4 is 4.74 Å². The lowest BCUT2D eigenvalue weighted by Gasteiger charge is -2.14. The Morgan fingerprint density at radius 3 is 2.80 bits per heavy atom. The van der Waals surface area contributed by atoms with Crippen LogP contribution in [0, 0.1) is 13.8 Å². The summed E-state index contributed by atoms with van der Waals surface area (Å²) >= 11 is 2.55. The van der Waals surface area contributed by atoms with Crippen LogP contribution in [0.15, 0.2) is 50.9 Å². The van der Waals surface area contributed by atoms with E-state index in [4.69, 9.17) is 9.15 Å². The highest BCUT2D eigenvalue weighted by Gasteiger charge is 2.11. The molecule has 3 aromatic rings. The molecule has 5 heteroatoms. The third-order valence-corrected chi connectivity index (χ3v) is 5.20. The maximum absolute atomic E-state index is 11.4. The topological polar surface area (TPSA) is 45.4 Å². The molecule has 0 radical (unpaired) electrons. The molecule has 3 rings (SSSR count). The molecule has 0 amide bonds. The first-order valence-electron chi connectivity index (χ1n) is 7.85. The zero-order chi connectivity index (χ0) is 18.0. The summed E-state index contributed by atoms with van der Waals surface area (Å²) in [7, 11) is 0. The van der Waals surface area contributed by atoms with Gasteiger partial charge in [0.1, 0.15) is 23.3 Å². The SMILES string of the molecule is Cc1ccc(C=C[S+](C)[O-])c(OCc2cc(Br)c3occc3c2)c1C. The third-order valence-electron chi connectivity index (χ3n) is 4.10. The van der Waals surface area contributed by atoms with Gasteiger partial charge in [0.05, 0.1) is 17.0 Å². The van der Waals surface area contributed by atoms with E-state index in [0.29, 0.717) is 6.61 Å². The Labute approximate surface area is 159 Å². The second kappa shape index (κ2) is 7.68. The molecule has 25 heavy (non-hydrogen) atoms. The molecule has 2 aromatic carbocycles. The quantitative estimate of drug-likeness (QED) is 0.496. The molecule has 1 heterocycles. The summed E-state index contributed by atoms with van der Waals surface area (Å²) in [4.78, 5) is 0. The van der Waals surface area contributed by atoms with Gasteiger partial charge in [-0.1, -0.05) is 12.1 Å². The van der Waals surface area contributed by atoms with Crippen molar-refractivity contribution in [1.82, 2.24) is 0 Å². The van der Waals surface area contributed by atoms with Crippen LogP contribution in [0.3, 0.4) is 0 Å². The van der Waals surface area contributed by atoms with Crippen LogP contribution >= 0.6 is 15.9 Å². The number of halogens is 1. The molecule has 0 spiro atoms. The van der Waals surface area contributed by atoms with Gasteiger partial charge in [0.2, 0.25) is 0 Å². The molecule has 0 aliphatic rings. The van der Waals surface area contributed by atoms with Crippen molar-refractivity contribution in [2.75, 3.05) is 6.26 Å². The fourth-order valence-electron chi connectivity index (χ4n) is 2.64. The van der Waals surface area contributed by atoms with Crippen LogP contribution in [-0.4, -0.2) is 10.8 Å². The van der Waals surface area contributed by atoms with E-state index in [9.17, 15) is 4.55 Å². The van der Waals surface area contributed by atoms with Gasteiger partial charge in [-0.05, 0) is 81.9 Å². The van der Waals surface area contributed by atoms with Crippen LogP contribution in [-0.2, 0) is 17.8 Å². The maximum atomic E-state index is 11.4. The Morgan fingerprint density at radius 2 is 2.04 bits per heavy atom. The lowest BCUT2D eigenvalue weighted by atomic mass is 10.0. The third kappa shape index (κ3) is 4.11. The second-order valence-electron chi connectivity index (χ2n) is 5.93. The van der Waals surface area contributed by atoms with Gasteiger partial charge < -0.3 is 13.7 Å². The largest absolute Gasteiger partial charge is 0.612 e. The van der Waals surface area contributed by atoms with E-state index in [1.165, 1.54) is 0 Å². The lowest BCUT2D eigenvalue weighted by molar-refractivity contribution is 0.303. The molecule has 130 valence electrons. The fourth-order valence-corrected chi connectivity index (χ4v) is 3.59. The van der Waals surface area contributed by atoms with E-state index in [1.54, 1.807) is 17.9 Å². The van der Waals surface area contributed by atoms with Crippen molar-refractivity contribution in [3.63, 3.8) is 0 Å². The van der Waals surface area contributed by atoms with Crippen LogP contribution in [0.2, 0.25) is 0 Å². The molecule has 0 saturated carbocycles. The Bertz CT molecular complexity index is 928. The first-order chi connectivity index (χ1) is 12.0. The first kappa shape index (κ1) is 18.1. The van der Waals surface area contributed by atoms with Crippen LogP contribution in [0.5, 0.6) is 5.75 Å². The summed E-state index contributed by atoms with van der Waals surface area (Å²) < 4.78 is 23.9. The van der Waals surface area contributed by atoms with Crippen molar-refractivity contribution in [1.29, 1.82) is 0 Å². The zero-order valence-corrected chi connectivity index (χ0v) is 16.7. The number of fused-ring (bicyclic) bond motifs is 1. The average molecular weight is 419 g/mol. The molecule has 0 aliphatic carbocycles. The minimum absolute atomic E-state index is 0.445. The summed E-state index contributed by atoms with van der Waals surface area (Å²) in [5.41, 5.74) is 5.07. The zero-order valence-electron chi connectivity index (χ0n) is 14.3. The number of hydrogen-bond donors (Lipinski definition) is 0. The predicted octanol–water partition coefficient (Wildman–Crippen LogP) is 5.74. The fraction of sp³-hybridized carbons (Fsp3) is 0.200. The van der Waals surface area contributed by atoms with Crippen molar-refractivity contribution in [2.45, 2.75) is 20.5 Å². The van der Waals surface area contributed by atoms with Gasteiger partial charge in [-0.15, -0.1) is 0 Å². The molecule has 1 aromatic heterocycles. The smallest absolute Gasteiger partial charge is 0.148 e. The molecular formula is C20H19BrO3S. The number of rotatable bonds is 5. The molecule has 0 N–H and O–H groups in total. The first-order valence-corrected chi connectivity index (χ1v) is 10.3. The van der Waals surface area contributed by atoms with Crippen molar-refractivity contribution in [2.24, 2.45) is 0 Å². The van der Waals surface area contributed by atoms with Gasteiger partial charge in [-0.2, -0.15) is 0 Å². The van der Waals surface area contributed by atoms with Crippen molar-refractivity contribution in [3.05, 3.63) is 68.7 Å². The van der Waals surface area contributed by atoms with E-state index in [1.807, 2.05) is 31.2 Å². The molecular weight excluding hydrogens is 400 g/mol. The minimum Gasteiger partial charge on any atom is -0.612 e. The van der Waals surface area contributed by atoms with E-state index in [-0.39, 0.29) is 0 Å². The molecule has 0 fully saturated rings. The minimum atomic E-state index is -0.993. The van der Waals surface area contributed by atoms with Crippen LogP contribution in [0.25, 0.3) is 17.0 Å². The molecule has 1 atom stereocenters. The Morgan fingerprint density at radius 1 is 1.24 bits per heavy atom. The Balaban J connectivity index is 1.89. The van der Waals surface area contributed by atoms with Gasteiger partial charge >= 0.3 is 0 Å². The van der Waals surface area contributed by atoms with E-state index < -0.39 is 11.2 Å². The van der Waals surface area contributed by atoms with E-state index >= 15 is 0 Å². The number of aryl methyl sites for hydroxylation is 1. The molecule has 0 aliphatic heterocycles. The highest BCUT2D eigenvalue weighted by Crippen LogP contribution is 2.31. The van der Waals surface area contributed by atoms with Gasteiger partial charge in [-0.3, -0.25) is 0 Å². The molecule has 3 nitrogen and oxygen atoms in total. The van der Waals surface area contributed by atoms with Crippen LogP contribution in [0.4, 0.5) is 0 Å². The monoisotopic (exact) mass is 418 g/mol. The highest BCUT2D eigenvalue weighted by molar-refractivity contribution is 9.10. The Kier molecular flexibility index (Phi) is 5.57. The van der Waals surface area contributed by atoms with Gasteiger partial charge in [0, 0.05) is 10.9 Å². The van der Waals surface area contributed by atoms with E-state index in [2.05, 4.69) is 35.0 Å². The second-order valence-corrected chi connectivity index (χ2v) is 8.06. The highest BCUT2D eigenvalue weighted by atomic mass is 79.9. The Hall–Kier alpha value is -1.69. The number of furan rings is 1. The number of benzene rings is 2. The summed E-state index contributed by atoms with van der Waals surface area (Å²) in [6.45, 7) is 4.54. The summed E-state index contributed by atoms with van der Waals surface area (Å²) in [5.74, 6) is 0.824. The van der Waals surface area contributed by atoms with Crippen molar-refractivity contribution < 1.29 is 13.7 Å². The summed E-state index contributed by atoms with van der Waals surface area (Å²) in [6.07, 6.45) is 5.18. The average Bonchev–Trinajstić information content (AvgIpc) is 3.04. The van der Waals surface area contributed by atoms with Crippen molar-refractivity contribution >= 4 is 44.2 Å². The summed E-state index contributed by atoms with van der Waals surface area (Å²) in [6, 6.07) is 10.1. The van der Waals surface area contributed by atoms with Crippen molar-refractivity contribution in [3.8, 4) is 5.75 Å². The molecule has 0 saturated heterocycles. The number of hydrogen-bond acceptors (Lipinski definition) is 3. The van der Waals surface area contributed by atoms with Gasteiger partial charge in [0.15, 0.2) is 0 Å². The van der Waals surface area contributed by atoms with E-state index in [0.717, 1.165) is 43.4 Å². The van der Waals surface area contributed by atoms with Gasteiger partial charge in [0.25, 0.3) is 0 Å². The standard InChI is InChI=1S/C20H19BrO3S/c1-13-4-5-16(7-9-25(3)22)19(14(13)2)24-12-15-10-17-6-8-23-20(17)18(21)11-15/h4-11H,12H2,1-3H3. The predicted molar refractivity (Wildman–Crippen MR) is 107 cm³/mol. The maximum Gasteiger partial charge on any atom is 0.148 e. The number of ether oxygens (including phenoxy) is 1. The van der Waals surface area contributed by atoms with Gasteiger partial charge in [-0.25, -0.2) is 0 Å².